The molecule has 2 aliphatic rings. The molecule has 2 unspecified atom stereocenters. The molecule has 110 valence electrons. The molecule has 0 radical (unpaired) electrons. The van der Waals surface area contributed by atoms with E-state index in [9.17, 15) is 0 Å². The van der Waals surface area contributed by atoms with Crippen LogP contribution < -0.4 is 5.73 Å². The quantitative estimate of drug-likeness (QED) is 0.584. The lowest BCUT2D eigenvalue weighted by Crippen LogP contribution is -2.51. The van der Waals surface area contributed by atoms with Gasteiger partial charge < -0.3 is 15.2 Å². The molecule has 0 bridgehead atoms. The van der Waals surface area contributed by atoms with Crippen LogP contribution in [-0.2, 0) is 9.47 Å². The summed E-state index contributed by atoms with van der Waals surface area (Å²) in [4.78, 5) is 2.48. The number of nitrogens with zero attached hydrogens (tertiary/aromatic N) is 1. The van der Waals surface area contributed by atoms with Crippen molar-refractivity contribution in [3.8, 4) is 0 Å². The number of amidine groups is 1. The number of nitrogens with two attached hydrogens (primary N) is 1. The minimum atomic E-state index is -0.0493. The van der Waals surface area contributed by atoms with Crippen molar-refractivity contribution in [1.29, 1.82) is 5.41 Å². The molecule has 2 saturated heterocycles. The van der Waals surface area contributed by atoms with Crippen LogP contribution in [0.25, 0.3) is 0 Å². The first-order chi connectivity index (χ1) is 9.02. The highest BCUT2D eigenvalue weighted by atomic mass is 16.6. The minimum absolute atomic E-state index is 0.0493. The van der Waals surface area contributed by atoms with Gasteiger partial charge in [0.25, 0.3) is 0 Å². The van der Waals surface area contributed by atoms with Crippen molar-refractivity contribution >= 4 is 5.84 Å². The molecule has 0 saturated carbocycles. The van der Waals surface area contributed by atoms with Crippen molar-refractivity contribution in [3.05, 3.63) is 0 Å². The van der Waals surface area contributed by atoms with Crippen LogP contribution in [0.5, 0.6) is 0 Å². The maximum Gasteiger partial charge on any atom is 0.0951 e. The van der Waals surface area contributed by atoms with Crippen LogP contribution in [0.15, 0.2) is 0 Å². The van der Waals surface area contributed by atoms with Gasteiger partial charge in [-0.15, -0.1) is 0 Å². The predicted octanol–water partition coefficient (Wildman–Crippen LogP) is 1.36. The Morgan fingerprint density at radius 2 is 2.26 bits per heavy atom. The fraction of sp³-hybridized carbons (Fsp3) is 0.929. The van der Waals surface area contributed by atoms with Gasteiger partial charge in [-0.2, -0.15) is 0 Å². The van der Waals surface area contributed by atoms with Gasteiger partial charge in [0.05, 0.1) is 18.0 Å². The molecule has 2 fully saturated rings. The van der Waals surface area contributed by atoms with Crippen molar-refractivity contribution in [3.63, 3.8) is 0 Å². The van der Waals surface area contributed by atoms with E-state index in [0.717, 1.165) is 45.6 Å². The lowest BCUT2D eigenvalue weighted by Gasteiger charge is -2.43. The van der Waals surface area contributed by atoms with E-state index in [0.29, 0.717) is 18.5 Å². The third-order valence-corrected chi connectivity index (χ3v) is 4.31. The summed E-state index contributed by atoms with van der Waals surface area (Å²) in [5, 5.41) is 7.41. The Kier molecular flexibility index (Phi) is 4.81. The first-order valence-electron chi connectivity index (χ1n) is 7.33. The van der Waals surface area contributed by atoms with E-state index in [1.165, 1.54) is 0 Å². The Bertz CT molecular complexity index is 314. The molecule has 0 aromatic rings. The smallest absolute Gasteiger partial charge is 0.0951 e. The van der Waals surface area contributed by atoms with Crippen LogP contribution >= 0.6 is 0 Å². The Morgan fingerprint density at radius 1 is 1.47 bits per heavy atom. The molecule has 3 N–H and O–H groups in total. The van der Waals surface area contributed by atoms with Crippen molar-refractivity contribution in [2.24, 2.45) is 5.73 Å². The van der Waals surface area contributed by atoms with Gasteiger partial charge in [-0.25, -0.2) is 0 Å². The fourth-order valence-corrected chi connectivity index (χ4v) is 3.26. The molecule has 2 heterocycles. The largest absolute Gasteiger partial charge is 0.388 e. The average Bonchev–Trinajstić information content (AvgIpc) is 2.77. The van der Waals surface area contributed by atoms with Crippen molar-refractivity contribution in [2.75, 3.05) is 26.4 Å². The van der Waals surface area contributed by atoms with Gasteiger partial charge in [0, 0.05) is 44.7 Å². The normalized spacial score (nSPS) is 31.5. The Balaban J connectivity index is 1.98. The number of hydrogen-bond acceptors (Lipinski definition) is 4. The highest BCUT2D eigenvalue weighted by Gasteiger charge is 2.42. The van der Waals surface area contributed by atoms with Gasteiger partial charge in [-0.3, -0.25) is 10.3 Å². The van der Waals surface area contributed by atoms with Crippen LogP contribution in [0.3, 0.4) is 0 Å². The van der Waals surface area contributed by atoms with Crippen LogP contribution in [0.2, 0.25) is 0 Å². The maximum absolute atomic E-state index is 7.41. The molecule has 2 rings (SSSR count). The van der Waals surface area contributed by atoms with Gasteiger partial charge in [0.1, 0.15) is 0 Å². The van der Waals surface area contributed by atoms with E-state index < -0.39 is 0 Å². The third-order valence-electron chi connectivity index (χ3n) is 4.31. The standard InChI is InChI=1S/C14H27N3O2/c1-11(2)17(6-3-13(15)16)12-4-7-19-14(9-12)5-8-18-10-14/h11-12H,3-10H2,1-2H3,(H3,15,16). The second-order valence-corrected chi connectivity index (χ2v) is 6.09. The first-order valence-corrected chi connectivity index (χ1v) is 7.33. The summed E-state index contributed by atoms with van der Waals surface area (Å²) in [7, 11) is 0. The summed E-state index contributed by atoms with van der Waals surface area (Å²) < 4.78 is 11.5. The molecule has 0 amide bonds. The van der Waals surface area contributed by atoms with Gasteiger partial charge in [-0.05, 0) is 26.7 Å². The molecule has 2 atom stereocenters. The van der Waals surface area contributed by atoms with E-state index in [1.54, 1.807) is 0 Å². The molecule has 0 aliphatic carbocycles. The monoisotopic (exact) mass is 269 g/mol. The molecule has 5 nitrogen and oxygen atoms in total. The second kappa shape index (κ2) is 6.20. The number of rotatable bonds is 5. The lowest BCUT2D eigenvalue weighted by molar-refractivity contribution is -0.109. The van der Waals surface area contributed by atoms with E-state index in [2.05, 4.69) is 18.7 Å². The molecule has 5 heteroatoms. The summed E-state index contributed by atoms with van der Waals surface area (Å²) in [5.74, 6) is 0.275. The lowest BCUT2D eigenvalue weighted by atomic mass is 9.88. The van der Waals surface area contributed by atoms with Crippen LogP contribution in [0.4, 0.5) is 0 Å². The summed E-state index contributed by atoms with van der Waals surface area (Å²) in [6, 6.07) is 0.997. The van der Waals surface area contributed by atoms with Crippen LogP contribution in [0, 0.1) is 5.41 Å². The number of ether oxygens (including phenoxy) is 2. The Morgan fingerprint density at radius 3 is 2.84 bits per heavy atom. The van der Waals surface area contributed by atoms with E-state index in [1.807, 2.05) is 0 Å². The molecule has 1 spiro atoms. The minimum Gasteiger partial charge on any atom is -0.388 e. The van der Waals surface area contributed by atoms with Gasteiger partial charge in [-0.1, -0.05) is 0 Å². The summed E-state index contributed by atoms with van der Waals surface area (Å²) >= 11 is 0. The van der Waals surface area contributed by atoms with Crippen molar-refractivity contribution in [1.82, 2.24) is 4.90 Å². The molecular formula is C14H27N3O2. The first kappa shape index (κ1) is 14.8. The van der Waals surface area contributed by atoms with Crippen LogP contribution in [0.1, 0.15) is 39.5 Å². The highest BCUT2D eigenvalue weighted by molar-refractivity contribution is 5.76. The third kappa shape index (κ3) is 3.68. The molecule has 0 aromatic carbocycles. The summed E-state index contributed by atoms with van der Waals surface area (Å²) in [6.45, 7) is 7.68. The SMILES string of the molecule is CC(C)N(CCC(=N)N)C1CCOC2(CCOC2)C1. The van der Waals surface area contributed by atoms with E-state index in [-0.39, 0.29) is 11.4 Å². The molecular weight excluding hydrogens is 242 g/mol. The topological polar surface area (TPSA) is 71.6 Å². The van der Waals surface area contributed by atoms with E-state index >= 15 is 0 Å². The van der Waals surface area contributed by atoms with Gasteiger partial charge in [0.2, 0.25) is 0 Å². The second-order valence-electron chi connectivity index (χ2n) is 6.09. The predicted molar refractivity (Wildman–Crippen MR) is 75.5 cm³/mol. The zero-order valence-electron chi connectivity index (χ0n) is 12.2. The van der Waals surface area contributed by atoms with Gasteiger partial charge in [0.15, 0.2) is 0 Å². The highest BCUT2D eigenvalue weighted by Crippen LogP contribution is 2.35. The van der Waals surface area contributed by atoms with E-state index in [4.69, 9.17) is 20.6 Å². The number of hydrogen-bond donors (Lipinski definition) is 2. The maximum atomic E-state index is 7.41. The molecule has 19 heavy (non-hydrogen) atoms. The Labute approximate surface area is 115 Å². The van der Waals surface area contributed by atoms with Gasteiger partial charge >= 0.3 is 0 Å². The van der Waals surface area contributed by atoms with Crippen LogP contribution in [-0.4, -0.2) is 54.8 Å². The fourth-order valence-electron chi connectivity index (χ4n) is 3.26. The molecule has 2 aliphatic heterocycles. The Hall–Kier alpha value is -0.650. The number of nitrogens with one attached hydrogen (secondary N) is 1. The average molecular weight is 269 g/mol. The zero-order valence-corrected chi connectivity index (χ0v) is 12.2. The molecule has 0 aromatic heterocycles. The zero-order chi connectivity index (χ0) is 13.9. The van der Waals surface area contributed by atoms with Crippen molar-refractivity contribution in [2.45, 2.75) is 57.2 Å². The van der Waals surface area contributed by atoms with Crippen molar-refractivity contribution < 1.29 is 9.47 Å². The summed E-state index contributed by atoms with van der Waals surface area (Å²) in [5.41, 5.74) is 5.45. The summed E-state index contributed by atoms with van der Waals surface area (Å²) in [6.07, 6.45) is 3.78.